The van der Waals surface area contributed by atoms with Crippen LogP contribution in [0.25, 0.3) is 0 Å². The Labute approximate surface area is 91.2 Å². The van der Waals surface area contributed by atoms with Crippen molar-refractivity contribution in [3.8, 4) is 5.75 Å². The zero-order chi connectivity index (χ0) is 11.4. The van der Waals surface area contributed by atoms with E-state index in [4.69, 9.17) is 4.74 Å². The molecule has 0 bridgehead atoms. The molecule has 0 aliphatic carbocycles. The molecule has 15 heavy (non-hydrogen) atoms. The fourth-order valence-electron chi connectivity index (χ4n) is 1.35. The van der Waals surface area contributed by atoms with Crippen LogP contribution in [0.4, 0.5) is 0 Å². The molecule has 2 nitrogen and oxygen atoms in total. The van der Waals surface area contributed by atoms with Gasteiger partial charge in [-0.05, 0) is 32.9 Å². The first-order valence-corrected chi connectivity index (χ1v) is 5.12. The molecule has 0 saturated heterocycles. The molecule has 82 valence electrons. The van der Waals surface area contributed by atoms with Gasteiger partial charge in [0, 0.05) is 5.56 Å². The minimum Gasteiger partial charge on any atom is -0.486 e. The van der Waals surface area contributed by atoms with E-state index in [0.717, 1.165) is 16.9 Å². The van der Waals surface area contributed by atoms with Crippen molar-refractivity contribution >= 4 is 0 Å². The standard InChI is InChI=1S/C13H18O2/c1-5-10(3)15-13-7-6-9(2)8-12(13)11(4)14/h5-8,10-11,14H,1H2,2-4H3/t10?,11-/m1/s1. The SMILES string of the molecule is C=CC(C)Oc1ccc(C)cc1[C@@H](C)O. The first kappa shape index (κ1) is 11.8. The number of hydrogen-bond acceptors (Lipinski definition) is 2. The molecular formula is C13H18O2. The van der Waals surface area contributed by atoms with Gasteiger partial charge in [0.1, 0.15) is 11.9 Å². The minimum absolute atomic E-state index is 0.0507. The van der Waals surface area contributed by atoms with Crippen LogP contribution in [0.2, 0.25) is 0 Å². The van der Waals surface area contributed by atoms with Gasteiger partial charge in [-0.3, -0.25) is 0 Å². The zero-order valence-corrected chi connectivity index (χ0v) is 9.53. The van der Waals surface area contributed by atoms with Gasteiger partial charge in [-0.25, -0.2) is 0 Å². The number of benzene rings is 1. The molecule has 0 saturated carbocycles. The van der Waals surface area contributed by atoms with Crippen LogP contribution in [0.5, 0.6) is 5.75 Å². The van der Waals surface area contributed by atoms with E-state index < -0.39 is 6.10 Å². The first-order valence-electron chi connectivity index (χ1n) is 5.12. The first-order chi connectivity index (χ1) is 7.04. The highest BCUT2D eigenvalue weighted by atomic mass is 16.5. The lowest BCUT2D eigenvalue weighted by Crippen LogP contribution is -2.10. The molecule has 0 amide bonds. The Hall–Kier alpha value is -1.28. The highest BCUT2D eigenvalue weighted by Crippen LogP contribution is 2.27. The Morgan fingerprint density at radius 3 is 2.60 bits per heavy atom. The molecule has 2 heteroatoms. The van der Waals surface area contributed by atoms with Gasteiger partial charge >= 0.3 is 0 Å². The predicted octanol–water partition coefficient (Wildman–Crippen LogP) is 3.00. The maximum absolute atomic E-state index is 9.61. The third kappa shape index (κ3) is 3.10. The average Bonchev–Trinajstić information content (AvgIpc) is 2.20. The summed E-state index contributed by atoms with van der Waals surface area (Å²) in [5, 5.41) is 9.61. The number of aliphatic hydroxyl groups is 1. The lowest BCUT2D eigenvalue weighted by Gasteiger charge is -2.16. The van der Waals surface area contributed by atoms with E-state index in [2.05, 4.69) is 6.58 Å². The van der Waals surface area contributed by atoms with Gasteiger partial charge in [-0.15, -0.1) is 0 Å². The van der Waals surface area contributed by atoms with E-state index in [0.29, 0.717) is 0 Å². The van der Waals surface area contributed by atoms with E-state index in [1.807, 2.05) is 32.0 Å². The van der Waals surface area contributed by atoms with Gasteiger partial charge < -0.3 is 9.84 Å². The fraction of sp³-hybridized carbons (Fsp3) is 0.385. The van der Waals surface area contributed by atoms with Crippen molar-refractivity contribution in [3.63, 3.8) is 0 Å². The van der Waals surface area contributed by atoms with Crippen molar-refractivity contribution in [2.24, 2.45) is 0 Å². The van der Waals surface area contributed by atoms with Gasteiger partial charge in [0.15, 0.2) is 0 Å². The molecule has 1 unspecified atom stereocenters. The number of ether oxygens (including phenoxy) is 1. The molecule has 0 fully saturated rings. The van der Waals surface area contributed by atoms with Crippen LogP contribution in [0.15, 0.2) is 30.9 Å². The topological polar surface area (TPSA) is 29.5 Å². The second-order valence-electron chi connectivity index (χ2n) is 3.78. The summed E-state index contributed by atoms with van der Waals surface area (Å²) in [5.74, 6) is 0.725. The second kappa shape index (κ2) is 4.99. The maximum atomic E-state index is 9.61. The largest absolute Gasteiger partial charge is 0.486 e. The molecule has 0 heterocycles. The third-order valence-corrected chi connectivity index (χ3v) is 2.26. The Morgan fingerprint density at radius 1 is 1.40 bits per heavy atom. The summed E-state index contributed by atoms with van der Waals surface area (Å²) in [5.41, 5.74) is 1.94. The Bertz CT molecular complexity index is 342. The summed E-state index contributed by atoms with van der Waals surface area (Å²) >= 11 is 0. The van der Waals surface area contributed by atoms with E-state index in [9.17, 15) is 5.11 Å². The van der Waals surface area contributed by atoms with Crippen LogP contribution in [-0.4, -0.2) is 11.2 Å². The summed E-state index contributed by atoms with van der Waals surface area (Å²) in [6.45, 7) is 9.31. The summed E-state index contributed by atoms with van der Waals surface area (Å²) in [4.78, 5) is 0. The van der Waals surface area contributed by atoms with Crippen molar-refractivity contribution in [2.75, 3.05) is 0 Å². The molecule has 1 N–H and O–H groups in total. The summed E-state index contributed by atoms with van der Waals surface area (Å²) < 4.78 is 5.63. The molecule has 1 aromatic carbocycles. The molecule has 0 radical (unpaired) electrons. The van der Waals surface area contributed by atoms with Crippen LogP contribution in [0, 0.1) is 6.92 Å². The van der Waals surface area contributed by atoms with Gasteiger partial charge in [-0.2, -0.15) is 0 Å². The highest BCUT2D eigenvalue weighted by molar-refractivity contribution is 5.38. The zero-order valence-electron chi connectivity index (χ0n) is 9.53. The van der Waals surface area contributed by atoms with Crippen LogP contribution in [0.3, 0.4) is 0 Å². The van der Waals surface area contributed by atoms with E-state index >= 15 is 0 Å². The number of aliphatic hydroxyl groups excluding tert-OH is 1. The maximum Gasteiger partial charge on any atom is 0.125 e. The minimum atomic E-state index is -0.517. The monoisotopic (exact) mass is 206 g/mol. The van der Waals surface area contributed by atoms with Crippen molar-refractivity contribution in [1.82, 2.24) is 0 Å². The smallest absolute Gasteiger partial charge is 0.125 e. The lowest BCUT2D eigenvalue weighted by molar-refractivity contribution is 0.187. The summed E-state index contributed by atoms with van der Waals surface area (Å²) in [7, 11) is 0. The quantitative estimate of drug-likeness (QED) is 0.767. The van der Waals surface area contributed by atoms with E-state index in [1.165, 1.54) is 0 Å². The molecule has 1 aromatic rings. The number of hydrogen-bond donors (Lipinski definition) is 1. The molecule has 2 atom stereocenters. The second-order valence-corrected chi connectivity index (χ2v) is 3.78. The van der Waals surface area contributed by atoms with Crippen molar-refractivity contribution < 1.29 is 9.84 Å². The molecule has 0 aliphatic rings. The van der Waals surface area contributed by atoms with Gasteiger partial charge in [0.25, 0.3) is 0 Å². The Kier molecular flexibility index (Phi) is 3.92. The summed E-state index contributed by atoms with van der Waals surface area (Å²) in [6.07, 6.45) is 1.16. The van der Waals surface area contributed by atoms with Crippen LogP contribution in [0.1, 0.15) is 31.1 Å². The lowest BCUT2D eigenvalue weighted by atomic mass is 10.1. The van der Waals surface area contributed by atoms with E-state index in [-0.39, 0.29) is 6.10 Å². The third-order valence-electron chi connectivity index (χ3n) is 2.26. The van der Waals surface area contributed by atoms with Crippen LogP contribution >= 0.6 is 0 Å². The van der Waals surface area contributed by atoms with Gasteiger partial charge in [0.2, 0.25) is 0 Å². The molecule has 0 aliphatic heterocycles. The van der Waals surface area contributed by atoms with Crippen molar-refractivity contribution in [2.45, 2.75) is 33.0 Å². The molecular weight excluding hydrogens is 188 g/mol. The van der Waals surface area contributed by atoms with Crippen LogP contribution in [-0.2, 0) is 0 Å². The van der Waals surface area contributed by atoms with Crippen LogP contribution < -0.4 is 4.74 Å². The number of aryl methyl sites for hydroxylation is 1. The normalized spacial score (nSPS) is 14.4. The van der Waals surface area contributed by atoms with E-state index in [1.54, 1.807) is 13.0 Å². The average molecular weight is 206 g/mol. The van der Waals surface area contributed by atoms with Crippen molar-refractivity contribution in [3.05, 3.63) is 42.0 Å². The molecule has 1 rings (SSSR count). The number of rotatable bonds is 4. The highest BCUT2D eigenvalue weighted by Gasteiger charge is 2.10. The van der Waals surface area contributed by atoms with Crippen molar-refractivity contribution in [1.29, 1.82) is 0 Å². The van der Waals surface area contributed by atoms with Gasteiger partial charge in [0.05, 0.1) is 6.10 Å². The Morgan fingerprint density at radius 2 is 2.07 bits per heavy atom. The molecule has 0 spiro atoms. The van der Waals surface area contributed by atoms with Gasteiger partial charge in [-0.1, -0.05) is 24.3 Å². The predicted molar refractivity (Wildman–Crippen MR) is 62.1 cm³/mol. The summed E-state index contributed by atoms with van der Waals surface area (Å²) in [6, 6.07) is 5.80. The fourth-order valence-corrected chi connectivity index (χ4v) is 1.35. The Balaban J connectivity index is 3.00. The molecule has 0 aromatic heterocycles.